The summed E-state index contributed by atoms with van der Waals surface area (Å²) in [7, 11) is 0. The van der Waals surface area contributed by atoms with Crippen LogP contribution in [0.2, 0.25) is 0 Å². The predicted molar refractivity (Wildman–Crippen MR) is 69.5 cm³/mol. The molecular formula is C14H19N. The summed E-state index contributed by atoms with van der Waals surface area (Å²) < 4.78 is 0. The fourth-order valence-corrected chi connectivity index (χ4v) is 1.07. The lowest BCUT2D eigenvalue weighted by Gasteiger charge is -2.12. The van der Waals surface area contributed by atoms with Gasteiger partial charge in [-0.25, -0.2) is 0 Å². The second-order valence-electron chi connectivity index (χ2n) is 3.03. The molecule has 1 nitrogen and oxygen atoms in total. The first-order valence-electron chi connectivity index (χ1n) is 4.86. The molecule has 1 unspecified atom stereocenters. The van der Waals surface area contributed by atoms with Gasteiger partial charge in [-0.05, 0) is 18.1 Å². The molecule has 0 amide bonds. The van der Waals surface area contributed by atoms with Gasteiger partial charge in [0.15, 0.2) is 0 Å². The van der Waals surface area contributed by atoms with Gasteiger partial charge in [0, 0.05) is 0 Å². The molecule has 1 heteroatoms. The molecule has 0 saturated heterocycles. The van der Waals surface area contributed by atoms with Crippen LogP contribution in [0.25, 0.3) is 0 Å². The smallest absolute Gasteiger partial charge is 0.0542 e. The molecule has 0 rings (SSSR count). The molecule has 0 aliphatic rings. The highest BCUT2D eigenvalue weighted by atomic mass is 14.6. The van der Waals surface area contributed by atoms with Gasteiger partial charge in [0.1, 0.15) is 0 Å². The summed E-state index contributed by atoms with van der Waals surface area (Å²) in [5.41, 5.74) is 7.89. The summed E-state index contributed by atoms with van der Waals surface area (Å²) in [5, 5.41) is 0. The Labute approximate surface area is 92.7 Å². The quantitative estimate of drug-likeness (QED) is 0.656. The monoisotopic (exact) mass is 201 g/mol. The highest BCUT2D eigenvalue weighted by Gasteiger charge is 2.06. The van der Waals surface area contributed by atoms with Gasteiger partial charge in [-0.2, -0.15) is 0 Å². The number of hydrogen-bond acceptors (Lipinski definition) is 1. The Bertz CT molecular complexity index is 316. The second-order valence-corrected chi connectivity index (χ2v) is 3.03. The van der Waals surface area contributed by atoms with Crippen LogP contribution in [0.3, 0.4) is 0 Å². The van der Waals surface area contributed by atoms with E-state index in [0.717, 1.165) is 11.1 Å². The van der Waals surface area contributed by atoms with Crippen molar-refractivity contribution in [3.8, 4) is 0 Å². The summed E-state index contributed by atoms with van der Waals surface area (Å²) in [6, 6.07) is -0.178. The average Bonchev–Trinajstić information content (AvgIpc) is 2.26. The van der Waals surface area contributed by atoms with E-state index < -0.39 is 0 Å². The maximum Gasteiger partial charge on any atom is 0.0542 e. The van der Waals surface area contributed by atoms with Gasteiger partial charge in [0.25, 0.3) is 0 Å². The van der Waals surface area contributed by atoms with E-state index in [9.17, 15) is 0 Å². The lowest BCUT2D eigenvalue weighted by molar-refractivity contribution is 0.938. The Morgan fingerprint density at radius 2 is 1.67 bits per heavy atom. The van der Waals surface area contributed by atoms with Gasteiger partial charge in [-0.1, -0.05) is 62.3 Å². The van der Waals surface area contributed by atoms with Crippen molar-refractivity contribution in [3.05, 3.63) is 73.4 Å². The molecular weight excluding hydrogens is 182 g/mol. The molecule has 2 N–H and O–H groups in total. The van der Waals surface area contributed by atoms with E-state index in [1.165, 1.54) is 0 Å². The van der Waals surface area contributed by atoms with Crippen LogP contribution in [0.4, 0.5) is 0 Å². The maximum absolute atomic E-state index is 6.01. The lowest BCUT2D eigenvalue weighted by atomic mass is 9.99. The SMILES string of the molecule is C=C/C=C\C(=C)C(N)C(/C=C\C=C)=C/C. The zero-order chi connectivity index (χ0) is 11.7. The van der Waals surface area contributed by atoms with Crippen LogP contribution in [0, 0.1) is 0 Å². The van der Waals surface area contributed by atoms with E-state index in [2.05, 4.69) is 19.7 Å². The predicted octanol–water partition coefficient (Wildman–Crippen LogP) is 3.30. The van der Waals surface area contributed by atoms with Crippen LogP contribution in [-0.4, -0.2) is 6.04 Å². The Morgan fingerprint density at radius 1 is 1.13 bits per heavy atom. The van der Waals surface area contributed by atoms with Crippen molar-refractivity contribution in [1.82, 2.24) is 0 Å². The number of nitrogens with two attached hydrogens (primary N) is 1. The first-order chi connectivity index (χ1) is 7.17. The molecule has 1 atom stereocenters. The minimum absolute atomic E-state index is 0.178. The van der Waals surface area contributed by atoms with Crippen LogP contribution in [-0.2, 0) is 0 Å². The molecule has 0 radical (unpaired) electrons. The number of allylic oxidation sites excluding steroid dienone is 5. The molecule has 0 aliphatic heterocycles. The van der Waals surface area contributed by atoms with E-state index in [1.807, 2.05) is 37.3 Å². The first-order valence-corrected chi connectivity index (χ1v) is 4.86. The summed E-state index contributed by atoms with van der Waals surface area (Å²) >= 11 is 0. The molecule has 0 fully saturated rings. The number of rotatable bonds is 6. The van der Waals surface area contributed by atoms with Gasteiger partial charge in [-0.3, -0.25) is 0 Å². The molecule has 0 spiro atoms. The third-order valence-corrected chi connectivity index (χ3v) is 1.96. The van der Waals surface area contributed by atoms with Crippen LogP contribution in [0.5, 0.6) is 0 Å². The molecule has 0 aromatic heterocycles. The molecule has 15 heavy (non-hydrogen) atoms. The Kier molecular flexibility index (Phi) is 6.94. The van der Waals surface area contributed by atoms with E-state index >= 15 is 0 Å². The minimum Gasteiger partial charge on any atom is -0.320 e. The van der Waals surface area contributed by atoms with E-state index in [-0.39, 0.29) is 6.04 Å². The van der Waals surface area contributed by atoms with Crippen molar-refractivity contribution >= 4 is 0 Å². The fraction of sp³-hybridized carbons (Fsp3) is 0.143. The summed E-state index contributed by atoms with van der Waals surface area (Å²) in [6.45, 7) is 13.1. The van der Waals surface area contributed by atoms with Gasteiger partial charge in [0.05, 0.1) is 6.04 Å². The standard InChI is InChI=1S/C14H19N/c1-5-8-10-12(4)14(15)13(7-3)11-9-6-2/h5-11,14H,1-2,4,15H2,3H3/b10-8-,11-9-,13-7+. The molecule has 0 aliphatic carbocycles. The van der Waals surface area contributed by atoms with Gasteiger partial charge in [-0.15, -0.1) is 0 Å². The van der Waals surface area contributed by atoms with Crippen LogP contribution in [0.1, 0.15) is 6.92 Å². The zero-order valence-corrected chi connectivity index (χ0v) is 9.32. The largest absolute Gasteiger partial charge is 0.320 e. The average molecular weight is 201 g/mol. The molecule has 0 aromatic rings. The van der Waals surface area contributed by atoms with Crippen molar-refractivity contribution in [3.63, 3.8) is 0 Å². The van der Waals surface area contributed by atoms with Gasteiger partial charge in [0.2, 0.25) is 0 Å². The fourth-order valence-electron chi connectivity index (χ4n) is 1.07. The highest BCUT2D eigenvalue weighted by molar-refractivity contribution is 5.38. The van der Waals surface area contributed by atoms with Crippen LogP contribution >= 0.6 is 0 Å². The van der Waals surface area contributed by atoms with Crippen molar-refractivity contribution in [2.75, 3.05) is 0 Å². The third kappa shape index (κ3) is 4.99. The van der Waals surface area contributed by atoms with Gasteiger partial charge >= 0.3 is 0 Å². The van der Waals surface area contributed by atoms with E-state index in [0.29, 0.717) is 0 Å². The summed E-state index contributed by atoms with van der Waals surface area (Å²) in [6.07, 6.45) is 12.9. The molecule has 0 saturated carbocycles. The minimum atomic E-state index is -0.178. The maximum atomic E-state index is 6.01. The molecule has 80 valence electrons. The van der Waals surface area contributed by atoms with Crippen molar-refractivity contribution < 1.29 is 0 Å². The van der Waals surface area contributed by atoms with Crippen molar-refractivity contribution in [2.24, 2.45) is 5.73 Å². The zero-order valence-electron chi connectivity index (χ0n) is 9.32. The van der Waals surface area contributed by atoms with Crippen LogP contribution in [0.15, 0.2) is 73.4 Å². The lowest BCUT2D eigenvalue weighted by Crippen LogP contribution is -2.23. The van der Waals surface area contributed by atoms with Crippen molar-refractivity contribution in [1.29, 1.82) is 0 Å². The van der Waals surface area contributed by atoms with E-state index in [1.54, 1.807) is 12.2 Å². The number of hydrogen-bond donors (Lipinski definition) is 1. The Hall–Kier alpha value is -1.60. The molecule has 0 bridgehead atoms. The second kappa shape index (κ2) is 7.77. The Morgan fingerprint density at radius 3 is 2.13 bits per heavy atom. The normalized spacial score (nSPS) is 14.4. The van der Waals surface area contributed by atoms with Gasteiger partial charge < -0.3 is 5.73 Å². The first kappa shape index (κ1) is 13.4. The summed E-state index contributed by atoms with van der Waals surface area (Å²) in [5.74, 6) is 0. The molecule has 0 aromatic carbocycles. The Balaban J connectivity index is 4.66. The van der Waals surface area contributed by atoms with Crippen LogP contribution < -0.4 is 5.73 Å². The van der Waals surface area contributed by atoms with Crippen molar-refractivity contribution in [2.45, 2.75) is 13.0 Å². The molecule has 0 heterocycles. The topological polar surface area (TPSA) is 26.0 Å². The summed E-state index contributed by atoms with van der Waals surface area (Å²) in [4.78, 5) is 0. The third-order valence-electron chi connectivity index (χ3n) is 1.96. The highest BCUT2D eigenvalue weighted by Crippen LogP contribution is 2.11. The van der Waals surface area contributed by atoms with E-state index in [4.69, 9.17) is 5.73 Å².